The SMILES string of the molecule is N#Cc1cc(F)cc(Nc2cc(NC[C@H]3CCCNC3)nc3c(C4CCC4)cnn23)c1. The molecule has 0 radical (unpaired) electrons. The van der Waals surface area contributed by atoms with Gasteiger partial charge in [0.1, 0.15) is 17.5 Å². The fourth-order valence-corrected chi connectivity index (χ4v) is 4.39. The summed E-state index contributed by atoms with van der Waals surface area (Å²) in [5.74, 6) is 2.08. The van der Waals surface area contributed by atoms with Crippen molar-refractivity contribution in [3.8, 4) is 6.07 Å². The topological polar surface area (TPSA) is 90.1 Å². The van der Waals surface area contributed by atoms with Gasteiger partial charge in [-0.3, -0.25) is 0 Å². The quantitative estimate of drug-likeness (QED) is 0.556. The van der Waals surface area contributed by atoms with E-state index in [4.69, 9.17) is 4.98 Å². The summed E-state index contributed by atoms with van der Waals surface area (Å²) in [6, 6.07) is 8.13. The second-order valence-corrected chi connectivity index (χ2v) is 8.55. The van der Waals surface area contributed by atoms with E-state index in [-0.39, 0.29) is 5.56 Å². The van der Waals surface area contributed by atoms with E-state index in [2.05, 4.69) is 21.0 Å². The molecule has 1 saturated heterocycles. The second kappa shape index (κ2) is 8.52. The number of nitrogens with zero attached hydrogens (tertiary/aromatic N) is 4. The third-order valence-electron chi connectivity index (χ3n) is 6.31. The van der Waals surface area contributed by atoms with Gasteiger partial charge in [0, 0.05) is 23.9 Å². The number of fused-ring (bicyclic) bond motifs is 1. The van der Waals surface area contributed by atoms with Crippen LogP contribution in [0.15, 0.2) is 30.5 Å². The molecule has 31 heavy (non-hydrogen) atoms. The Balaban J connectivity index is 1.48. The third kappa shape index (κ3) is 4.19. The molecule has 8 heteroatoms. The summed E-state index contributed by atoms with van der Waals surface area (Å²) >= 11 is 0. The number of anilines is 3. The summed E-state index contributed by atoms with van der Waals surface area (Å²) in [6.07, 6.45) is 7.85. The molecule has 0 unspecified atom stereocenters. The fourth-order valence-electron chi connectivity index (χ4n) is 4.39. The Bertz CT molecular complexity index is 1120. The molecule has 3 N–H and O–H groups in total. The Morgan fingerprint density at radius 3 is 2.84 bits per heavy atom. The predicted molar refractivity (Wildman–Crippen MR) is 118 cm³/mol. The van der Waals surface area contributed by atoms with Gasteiger partial charge < -0.3 is 16.0 Å². The maximum atomic E-state index is 14.0. The summed E-state index contributed by atoms with van der Waals surface area (Å²) < 4.78 is 15.7. The van der Waals surface area contributed by atoms with Crippen LogP contribution in [0.5, 0.6) is 0 Å². The van der Waals surface area contributed by atoms with Gasteiger partial charge in [-0.05, 0) is 68.8 Å². The van der Waals surface area contributed by atoms with Crippen molar-refractivity contribution >= 4 is 23.0 Å². The zero-order valence-electron chi connectivity index (χ0n) is 17.4. The lowest BCUT2D eigenvalue weighted by Gasteiger charge is -2.25. The van der Waals surface area contributed by atoms with E-state index in [9.17, 15) is 9.65 Å². The first-order chi connectivity index (χ1) is 15.2. The van der Waals surface area contributed by atoms with Gasteiger partial charge in [-0.1, -0.05) is 6.42 Å². The molecule has 7 nitrogen and oxygen atoms in total. The number of hydrogen-bond acceptors (Lipinski definition) is 6. The first kappa shape index (κ1) is 19.8. The van der Waals surface area contributed by atoms with Gasteiger partial charge in [-0.15, -0.1) is 0 Å². The Kier molecular flexibility index (Phi) is 5.43. The van der Waals surface area contributed by atoms with E-state index >= 15 is 0 Å². The van der Waals surface area contributed by atoms with Crippen LogP contribution in [0.3, 0.4) is 0 Å². The predicted octanol–water partition coefficient (Wildman–Crippen LogP) is 4.16. The van der Waals surface area contributed by atoms with E-state index in [0.29, 0.717) is 23.3 Å². The molecule has 1 atom stereocenters. The minimum Gasteiger partial charge on any atom is -0.370 e. The molecule has 0 amide bonds. The normalized spacial score (nSPS) is 19.0. The molecule has 160 valence electrons. The Hall–Kier alpha value is -3.18. The number of benzene rings is 1. The van der Waals surface area contributed by atoms with Gasteiger partial charge in [0.05, 0.1) is 17.8 Å². The molecule has 3 aromatic rings. The first-order valence-corrected chi connectivity index (χ1v) is 11.0. The van der Waals surface area contributed by atoms with Crippen molar-refractivity contribution < 1.29 is 4.39 Å². The van der Waals surface area contributed by atoms with Crippen LogP contribution in [0.1, 0.15) is 49.1 Å². The minimum atomic E-state index is -0.453. The number of piperidine rings is 1. The van der Waals surface area contributed by atoms with E-state index in [1.807, 2.05) is 18.3 Å². The van der Waals surface area contributed by atoms with Gasteiger partial charge >= 0.3 is 0 Å². The van der Waals surface area contributed by atoms with Crippen LogP contribution in [0, 0.1) is 23.1 Å². The molecule has 2 fully saturated rings. The van der Waals surface area contributed by atoms with Crippen molar-refractivity contribution in [2.24, 2.45) is 5.92 Å². The lowest BCUT2D eigenvalue weighted by Crippen LogP contribution is -2.33. The molecular weight excluding hydrogens is 393 g/mol. The molecule has 1 saturated carbocycles. The minimum absolute atomic E-state index is 0.270. The van der Waals surface area contributed by atoms with Crippen molar-refractivity contribution in [2.75, 3.05) is 30.3 Å². The number of halogens is 1. The van der Waals surface area contributed by atoms with Crippen LogP contribution in [-0.4, -0.2) is 34.2 Å². The smallest absolute Gasteiger partial charge is 0.163 e. The third-order valence-corrected chi connectivity index (χ3v) is 6.31. The molecule has 1 aliphatic carbocycles. The van der Waals surface area contributed by atoms with Crippen molar-refractivity contribution in [2.45, 2.75) is 38.0 Å². The molecule has 3 heterocycles. The van der Waals surface area contributed by atoms with E-state index < -0.39 is 5.82 Å². The average molecular weight is 420 g/mol. The van der Waals surface area contributed by atoms with Crippen molar-refractivity contribution in [1.29, 1.82) is 5.26 Å². The van der Waals surface area contributed by atoms with Gasteiger partial charge in [0.25, 0.3) is 0 Å². The maximum absolute atomic E-state index is 14.0. The van der Waals surface area contributed by atoms with Crippen LogP contribution < -0.4 is 16.0 Å². The zero-order chi connectivity index (χ0) is 21.2. The van der Waals surface area contributed by atoms with E-state index in [1.165, 1.54) is 31.4 Å². The monoisotopic (exact) mass is 419 g/mol. The van der Waals surface area contributed by atoms with Crippen molar-refractivity contribution in [1.82, 2.24) is 19.9 Å². The Morgan fingerprint density at radius 2 is 2.10 bits per heavy atom. The average Bonchev–Trinajstić information content (AvgIpc) is 3.15. The maximum Gasteiger partial charge on any atom is 0.163 e. The highest BCUT2D eigenvalue weighted by molar-refractivity contribution is 5.66. The van der Waals surface area contributed by atoms with E-state index in [1.54, 1.807) is 10.6 Å². The van der Waals surface area contributed by atoms with Crippen LogP contribution in [0.4, 0.5) is 21.7 Å². The fraction of sp³-hybridized carbons (Fsp3) is 0.435. The number of hydrogen-bond donors (Lipinski definition) is 3. The van der Waals surface area contributed by atoms with Crippen molar-refractivity contribution in [3.63, 3.8) is 0 Å². The van der Waals surface area contributed by atoms with Gasteiger partial charge in [0.2, 0.25) is 0 Å². The lowest BCUT2D eigenvalue weighted by molar-refractivity contribution is 0.392. The van der Waals surface area contributed by atoms with Crippen molar-refractivity contribution in [3.05, 3.63) is 47.4 Å². The highest BCUT2D eigenvalue weighted by Gasteiger charge is 2.25. The van der Waals surface area contributed by atoms with Crippen LogP contribution in [-0.2, 0) is 0 Å². The molecular formula is C23H26FN7. The standard InChI is InChI=1S/C23H26FN7/c24-18-7-16(11-25)8-19(9-18)29-22-10-21(27-13-15-3-2-6-26-12-15)30-23-20(14-28-31(22)23)17-4-1-5-17/h7-10,14-15,17,26,29H,1-6,12-13H2,(H,27,30)/t15-/m0/s1. The summed E-state index contributed by atoms with van der Waals surface area (Å²) in [6.45, 7) is 2.95. The molecule has 0 bridgehead atoms. The molecule has 2 aromatic heterocycles. The van der Waals surface area contributed by atoms with Gasteiger partial charge in [-0.25, -0.2) is 9.37 Å². The highest BCUT2D eigenvalue weighted by Crippen LogP contribution is 2.38. The van der Waals surface area contributed by atoms with Gasteiger partial charge in [-0.2, -0.15) is 14.9 Å². The zero-order valence-corrected chi connectivity index (χ0v) is 17.4. The second-order valence-electron chi connectivity index (χ2n) is 8.55. The summed E-state index contributed by atoms with van der Waals surface area (Å²) in [5, 5.41) is 23.9. The summed E-state index contributed by atoms with van der Waals surface area (Å²) in [5.41, 5.74) is 2.77. The Morgan fingerprint density at radius 1 is 1.19 bits per heavy atom. The van der Waals surface area contributed by atoms with Crippen LogP contribution >= 0.6 is 0 Å². The number of nitriles is 1. The molecule has 5 rings (SSSR count). The molecule has 0 spiro atoms. The summed E-state index contributed by atoms with van der Waals surface area (Å²) in [4.78, 5) is 4.88. The van der Waals surface area contributed by atoms with E-state index in [0.717, 1.165) is 49.5 Å². The first-order valence-electron chi connectivity index (χ1n) is 11.0. The number of rotatable bonds is 6. The van der Waals surface area contributed by atoms with Gasteiger partial charge in [0.15, 0.2) is 5.65 Å². The highest BCUT2D eigenvalue weighted by atomic mass is 19.1. The number of aromatic nitrogens is 3. The molecule has 1 aliphatic heterocycles. The molecule has 1 aromatic carbocycles. The number of nitrogens with one attached hydrogen (secondary N) is 3. The lowest BCUT2D eigenvalue weighted by atomic mass is 9.81. The largest absolute Gasteiger partial charge is 0.370 e. The van der Waals surface area contributed by atoms with Crippen LogP contribution in [0.25, 0.3) is 5.65 Å². The van der Waals surface area contributed by atoms with Crippen LogP contribution in [0.2, 0.25) is 0 Å². The molecule has 2 aliphatic rings. The summed E-state index contributed by atoms with van der Waals surface area (Å²) in [7, 11) is 0. The Labute approximate surface area is 180 Å².